The van der Waals surface area contributed by atoms with Crippen LogP contribution in [0.2, 0.25) is 0 Å². The molecule has 0 heterocycles. The molecule has 2 aromatic rings. The summed E-state index contributed by atoms with van der Waals surface area (Å²) in [5.74, 6) is 0.868. The van der Waals surface area contributed by atoms with Gasteiger partial charge < -0.3 is 20.1 Å². The molecule has 0 radical (unpaired) electrons. The quantitative estimate of drug-likeness (QED) is 0.823. The highest BCUT2D eigenvalue weighted by Crippen LogP contribution is 2.24. The molecule has 4 nitrogen and oxygen atoms in total. The van der Waals surface area contributed by atoms with E-state index in [1.807, 2.05) is 30.1 Å². The van der Waals surface area contributed by atoms with Gasteiger partial charge in [0.25, 0.3) is 0 Å². The number of methoxy groups -OCH3 is 1. The lowest BCUT2D eigenvalue weighted by atomic mass is 10.1. The molecular formula is C18H24N2O2. The Kier molecular flexibility index (Phi) is 5.67. The second-order valence-corrected chi connectivity index (χ2v) is 5.33. The maximum Gasteiger partial charge on any atom is 0.119 e. The fraction of sp³-hybridized carbons (Fsp3) is 0.333. The number of aliphatic hydroxyl groups excluding tert-OH is 1. The van der Waals surface area contributed by atoms with E-state index in [0.717, 1.165) is 17.1 Å². The first-order valence-corrected chi connectivity index (χ1v) is 7.46. The van der Waals surface area contributed by atoms with Gasteiger partial charge in [-0.1, -0.05) is 12.1 Å². The van der Waals surface area contributed by atoms with Crippen molar-refractivity contribution in [2.24, 2.45) is 0 Å². The van der Waals surface area contributed by atoms with Crippen LogP contribution in [0, 0.1) is 0 Å². The zero-order valence-electron chi connectivity index (χ0n) is 13.4. The number of benzene rings is 2. The first kappa shape index (κ1) is 16.2. The predicted molar refractivity (Wildman–Crippen MR) is 91.8 cm³/mol. The van der Waals surface area contributed by atoms with Crippen LogP contribution in [-0.4, -0.2) is 32.4 Å². The van der Waals surface area contributed by atoms with Crippen LogP contribution in [0.25, 0.3) is 0 Å². The molecule has 1 atom stereocenters. The Morgan fingerprint density at radius 1 is 1.18 bits per heavy atom. The molecule has 0 spiro atoms. The summed E-state index contributed by atoms with van der Waals surface area (Å²) in [6, 6.07) is 16.5. The zero-order valence-corrected chi connectivity index (χ0v) is 13.4. The Morgan fingerprint density at radius 3 is 2.55 bits per heavy atom. The standard InChI is InChI=1S/C18H24N2O2/c1-14(15-5-4-6-18(13-15)22-3)19-16-7-9-17(10-8-16)20(2)11-12-21/h4-10,13-14,19,21H,11-12H2,1-3H3. The van der Waals surface area contributed by atoms with Crippen molar-refractivity contribution in [2.75, 3.05) is 37.5 Å². The molecule has 0 aliphatic heterocycles. The number of likely N-dealkylation sites (N-methyl/N-ethyl adjacent to an activating group) is 1. The Labute approximate surface area is 132 Å². The lowest BCUT2D eigenvalue weighted by molar-refractivity contribution is 0.304. The van der Waals surface area contributed by atoms with Crippen molar-refractivity contribution in [3.63, 3.8) is 0 Å². The molecule has 0 aliphatic rings. The molecule has 0 aromatic heterocycles. The van der Waals surface area contributed by atoms with Crippen LogP contribution in [0.1, 0.15) is 18.5 Å². The van der Waals surface area contributed by atoms with E-state index >= 15 is 0 Å². The van der Waals surface area contributed by atoms with Gasteiger partial charge in [-0.2, -0.15) is 0 Å². The Morgan fingerprint density at radius 2 is 1.91 bits per heavy atom. The highest BCUT2D eigenvalue weighted by atomic mass is 16.5. The fourth-order valence-electron chi connectivity index (χ4n) is 2.34. The highest BCUT2D eigenvalue weighted by molar-refractivity contribution is 5.55. The Bertz CT molecular complexity index is 584. The van der Waals surface area contributed by atoms with Gasteiger partial charge in [-0.25, -0.2) is 0 Å². The van der Waals surface area contributed by atoms with Crippen LogP contribution in [0.4, 0.5) is 11.4 Å². The number of rotatable bonds is 7. The molecule has 2 aromatic carbocycles. The van der Waals surface area contributed by atoms with Crippen LogP contribution in [0.5, 0.6) is 5.75 Å². The van der Waals surface area contributed by atoms with E-state index < -0.39 is 0 Å². The van der Waals surface area contributed by atoms with Gasteiger partial charge in [0.2, 0.25) is 0 Å². The van der Waals surface area contributed by atoms with Crippen LogP contribution >= 0.6 is 0 Å². The molecule has 2 rings (SSSR count). The van der Waals surface area contributed by atoms with E-state index in [9.17, 15) is 0 Å². The summed E-state index contributed by atoms with van der Waals surface area (Å²) >= 11 is 0. The molecule has 22 heavy (non-hydrogen) atoms. The summed E-state index contributed by atoms with van der Waals surface area (Å²) in [6.07, 6.45) is 0. The Balaban J connectivity index is 2.03. The van der Waals surface area contributed by atoms with Gasteiger partial charge in [0, 0.05) is 31.0 Å². The first-order chi connectivity index (χ1) is 10.6. The lowest BCUT2D eigenvalue weighted by Crippen LogP contribution is -2.20. The van der Waals surface area contributed by atoms with Crippen molar-refractivity contribution in [1.29, 1.82) is 0 Å². The zero-order chi connectivity index (χ0) is 15.9. The van der Waals surface area contributed by atoms with Gasteiger partial charge >= 0.3 is 0 Å². The van der Waals surface area contributed by atoms with Crippen molar-refractivity contribution < 1.29 is 9.84 Å². The summed E-state index contributed by atoms with van der Waals surface area (Å²) in [5.41, 5.74) is 3.34. The smallest absolute Gasteiger partial charge is 0.119 e. The predicted octanol–water partition coefficient (Wildman–Crippen LogP) is 3.30. The van der Waals surface area contributed by atoms with E-state index in [1.54, 1.807) is 7.11 Å². The minimum absolute atomic E-state index is 0.156. The number of hydrogen-bond acceptors (Lipinski definition) is 4. The van der Waals surface area contributed by atoms with Gasteiger partial charge in [0.15, 0.2) is 0 Å². The number of nitrogens with one attached hydrogen (secondary N) is 1. The average molecular weight is 300 g/mol. The first-order valence-electron chi connectivity index (χ1n) is 7.46. The lowest BCUT2D eigenvalue weighted by Gasteiger charge is -2.20. The maximum absolute atomic E-state index is 8.98. The van der Waals surface area contributed by atoms with Gasteiger partial charge in [-0.15, -0.1) is 0 Å². The second kappa shape index (κ2) is 7.71. The van der Waals surface area contributed by atoms with Gasteiger partial charge in [0.05, 0.1) is 13.7 Å². The van der Waals surface area contributed by atoms with Crippen LogP contribution in [0.15, 0.2) is 48.5 Å². The van der Waals surface area contributed by atoms with Crippen molar-refractivity contribution in [3.8, 4) is 5.75 Å². The van der Waals surface area contributed by atoms with E-state index in [0.29, 0.717) is 6.54 Å². The van der Waals surface area contributed by atoms with Crippen LogP contribution in [-0.2, 0) is 0 Å². The van der Waals surface area contributed by atoms with E-state index in [4.69, 9.17) is 9.84 Å². The van der Waals surface area contributed by atoms with Crippen LogP contribution < -0.4 is 15.0 Å². The molecule has 2 N–H and O–H groups in total. The van der Waals surface area contributed by atoms with Crippen LogP contribution in [0.3, 0.4) is 0 Å². The third-order valence-corrected chi connectivity index (χ3v) is 3.72. The molecule has 4 heteroatoms. The second-order valence-electron chi connectivity index (χ2n) is 5.33. The van der Waals surface area contributed by atoms with Crippen molar-refractivity contribution >= 4 is 11.4 Å². The molecule has 0 bridgehead atoms. The normalized spacial score (nSPS) is 11.8. The van der Waals surface area contributed by atoms with E-state index in [2.05, 4.69) is 42.6 Å². The van der Waals surface area contributed by atoms with Crippen molar-refractivity contribution in [2.45, 2.75) is 13.0 Å². The molecule has 0 saturated heterocycles. The summed E-state index contributed by atoms with van der Waals surface area (Å²) < 4.78 is 5.27. The van der Waals surface area contributed by atoms with E-state index in [-0.39, 0.29) is 12.6 Å². The Hall–Kier alpha value is -2.20. The minimum Gasteiger partial charge on any atom is -0.497 e. The maximum atomic E-state index is 8.98. The summed E-state index contributed by atoms with van der Waals surface area (Å²) in [6.45, 7) is 2.91. The monoisotopic (exact) mass is 300 g/mol. The molecule has 0 saturated carbocycles. The molecule has 118 valence electrons. The van der Waals surface area contributed by atoms with Crippen molar-refractivity contribution in [3.05, 3.63) is 54.1 Å². The molecule has 0 aliphatic carbocycles. The number of aliphatic hydroxyl groups is 1. The number of nitrogens with zero attached hydrogens (tertiary/aromatic N) is 1. The topological polar surface area (TPSA) is 44.7 Å². The summed E-state index contributed by atoms with van der Waals surface area (Å²) in [5, 5.41) is 12.5. The number of anilines is 2. The summed E-state index contributed by atoms with van der Waals surface area (Å²) in [7, 11) is 3.65. The average Bonchev–Trinajstić information content (AvgIpc) is 2.55. The van der Waals surface area contributed by atoms with Gasteiger partial charge in [0.1, 0.15) is 5.75 Å². The SMILES string of the molecule is COc1cccc(C(C)Nc2ccc(N(C)CCO)cc2)c1. The number of hydrogen-bond donors (Lipinski definition) is 2. The van der Waals surface area contributed by atoms with E-state index in [1.165, 1.54) is 5.56 Å². The number of ether oxygens (including phenoxy) is 1. The van der Waals surface area contributed by atoms with Gasteiger partial charge in [-0.3, -0.25) is 0 Å². The summed E-state index contributed by atoms with van der Waals surface area (Å²) in [4.78, 5) is 2.02. The highest BCUT2D eigenvalue weighted by Gasteiger charge is 2.07. The molecular weight excluding hydrogens is 276 g/mol. The fourth-order valence-corrected chi connectivity index (χ4v) is 2.34. The third-order valence-electron chi connectivity index (χ3n) is 3.72. The molecule has 1 unspecified atom stereocenters. The van der Waals surface area contributed by atoms with Gasteiger partial charge in [-0.05, 0) is 48.9 Å². The third kappa shape index (κ3) is 4.15. The molecule has 0 amide bonds. The van der Waals surface area contributed by atoms with Crippen molar-refractivity contribution in [1.82, 2.24) is 0 Å². The largest absolute Gasteiger partial charge is 0.497 e. The molecule has 0 fully saturated rings. The minimum atomic E-state index is 0.156.